The summed E-state index contributed by atoms with van der Waals surface area (Å²) in [6, 6.07) is 24.4. The van der Waals surface area contributed by atoms with Gasteiger partial charge in [-0.2, -0.15) is 0 Å². The summed E-state index contributed by atoms with van der Waals surface area (Å²) in [7, 11) is -0.668. The van der Waals surface area contributed by atoms with Crippen molar-refractivity contribution in [3.63, 3.8) is 0 Å². The molecular weight excluding hydrogens is 697 g/mol. The Morgan fingerprint density at radius 2 is 1.61 bits per heavy atom. The van der Waals surface area contributed by atoms with E-state index in [0.717, 1.165) is 53.4 Å². The average Bonchev–Trinajstić information content (AvgIpc) is 3.17. The van der Waals surface area contributed by atoms with Crippen LogP contribution in [0, 0.1) is 0 Å². The van der Waals surface area contributed by atoms with Crippen LogP contribution in [0.1, 0.15) is 70.6 Å². The van der Waals surface area contributed by atoms with Crippen LogP contribution in [0.5, 0.6) is 11.5 Å². The molecule has 3 atom stereocenters. The van der Waals surface area contributed by atoms with Crippen molar-refractivity contribution in [2.75, 3.05) is 58.0 Å². The van der Waals surface area contributed by atoms with Gasteiger partial charge in [-0.05, 0) is 64.0 Å². The summed E-state index contributed by atoms with van der Waals surface area (Å²) in [5.74, 6) is 1.51. The van der Waals surface area contributed by atoms with E-state index in [1.165, 1.54) is 0 Å². The summed E-state index contributed by atoms with van der Waals surface area (Å²) >= 11 is 0. The van der Waals surface area contributed by atoms with Gasteiger partial charge < -0.3 is 37.9 Å². The van der Waals surface area contributed by atoms with Crippen molar-refractivity contribution < 1.29 is 32.9 Å². The first-order chi connectivity index (χ1) is 26.1. The fraction of sp³-hybridized carbons (Fsp3) is 0.523. The molecule has 2 aliphatic rings. The maximum atomic E-state index is 13.9. The molecule has 5 rings (SSSR count). The topological polar surface area (TPSA) is 78.9 Å². The molecule has 2 aliphatic heterocycles. The van der Waals surface area contributed by atoms with E-state index in [1.807, 2.05) is 48.5 Å². The Morgan fingerprint density at radius 3 is 2.28 bits per heavy atom. The number of carbonyl (C=O) groups excluding carboxylic acids is 1. The van der Waals surface area contributed by atoms with E-state index in [-0.39, 0.29) is 30.8 Å². The van der Waals surface area contributed by atoms with Gasteiger partial charge in [0.05, 0.1) is 37.6 Å². The number of rotatable bonds is 18. The second kappa shape index (κ2) is 19.7. The van der Waals surface area contributed by atoms with E-state index in [9.17, 15) is 4.79 Å². The van der Waals surface area contributed by atoms with Gasteiger partial charge in [0.2, 0.25) is 8.32 Å². The van der Waals surface area contributed by atoms with E-state index in [2.05, 4.69) is 77.3 Å². The summed E-state index contributed by atoms with van der Waals surface area (Å²) in [5, 5.41) is 0. The monoisotopic (exact) mass is 758 g/mol. The average molecular weight is 759 g/mol. The van der Waals surface area contributed by atoms with Gasteiger partial charge in [-0.15, -0.1) is 0 Å². The SMILES string of the molecule is C=CCOc1ccc([C@@H]2[C@@H](OCc3ccc4c(c3)N(CCCOC)CCO4)CN(C(=O)OCc3ccccc3)C[C@H]2O[Si](C(C)C)(C(C)C)C(C)C)cc1. The number of carbonyl (C=O) groups is 1. The molecule has 294 valence electrons. The van der Waals surface area contributed by atoms with Crippen LogP contribution >= 0.6 is 0 Å². The zero-order valence-corrected chi connectivity index (χ0v) is 34.5. The molecule has 0 aromatic heterocycles. The summed E-state index contributed by atoms with van der Waals surface area (Å²) < 4.78 is 37.8. The maximum absolute atomic E-state index is 13.9. The van der Waals surface area contributed by atoms with Gasteiger partial charge in [0, 0.05) is 32.7 Å². The molecule has 0 unspecified atom stereocenters. The lowest BCUT2D eigenvalue weighted by Crippen LogP contribution is -2.59. The Balaban J connectivity index is 1.50. The molecule has 9 nitrogen and oxygen atoms in total. The quantitative estimate of drug-likeness (QED) is 0.0722. The molecule has 3 aromatic carbocycles. The van der Waals surface area contributed by atoms with Crippen LogP contribution in [0.15, 0.2) is 85.5 Å². The number of amides is 1. The molecule has 2 heterocycles. The lowest BCUT2D eigenvalue weighted by molar-refractivity contribution is -0.0663. The molecular formula is C44H62N2O7Si. The zero-order chi connectivity index (χ0) is 38.7. The maximum Gasteiger partial charge on any atom is 0.410 e. The number of methoxy groups -OCH3 is 1. The van der Waals surface area contributed by atoms with Crippen molar-refractivity contribution in [1.29, 1.82) is 0 Å². The van der Waals surface area contributed by atoms with Gasteiger partial charge in [0.15, 0.2) is 0 Å². The highest BCUT2D eigenvalue weighted by molar-refractivity contribution is 6.77. The van der Waals surface area contributed by atoms with E-state index in [4.69, 9.17) is 28.1 Å². The third kappa shape index (κ3) is 10.1. The third-order valence-electron chi connectivity index (χ3n) is 11.0. The predicted molar refractivity (Wildman–Crippen MR) is 218 cm³/mol. The molecule has 1 fully saturated rings. The van der Waals surface area contributed by atoms with Gasteiger partial charge in [0.1, 0.15) is 31.3 Å². The third-order valence-corrected chi connectivity index (χ3v) is 17.1. The molecule has 1 saturated heterocycles. The smallest absolute Gasteiger partial charge is 0.410 e. The first-order valence-corrected chi connectivity index (χ1v) is 21.8. The number of piperidine rings is 1. The van der Waals surface area contributed by atoms with Crippen molar-refractivity contribution in [1.82, 2.24) is 4.90 Å². The van der Waals surface area contributed by atoms with Gasteiger partial charge >= 0.3 is 6.09 Å². The Labute approximate surface area is 324 Å². The van der Waals surface area contributed by atoms with Gasteiger partial charge in [-0.1, -0.05) is 103 Å². The number of nitrogens with zero attached hydrogens (tertiary/aromatic N) is 2. The van der Waals surface area contributed by atoms with E-state index in [0.29, 0.717) is 56.1 Å². The number of hydrogen-bond donors (Lipinski definition) is 0. The van der Waals surface area contributed by atoms with Crippen LogP contribution in [0.4, 0.5) is 10.5 Å². The summed E-state index contributed by atoms with van der Waals surface area (Å²) in [5.41, 5.74) is 5.22. The zero-order valence-electron chi connectivity index (χ0n) is 33.5. The Morgan fingerprint density at radius 1 is 0.907 bits per heavy atom. The fourth-order valence-corrected chi connectivity index (χ4v) is 14.0. The van der Waals surface area contributed by atoms with Gasteiger partial charge in [-0.3, -0.25) is 0 Å². The second-order valence-corrected chi connectivity index (χ2v) is 20.9. The molecule has 0 saturated carbocycles. The van der Waals surface area contributed by atoms with Crippen molar-refractivity contribution in [3.05, 3.63) is 102 Å². The number of ether oxygens (including phenoxy) is 5. The first-order valence-electron chi connectivity index (χ1n) is 19.7. The molecule has 0 radical (unpaired) electrons. The highest BCUT2D eigenvalue weighted by Crippen LogP contribution is 2.46. The molecule has 54 heavy (non-hydrogen) atoms. The van der Waals surface area contributed by atoms with Crippen LogP contribution in [0.3, 0.4) is 0 Å². The number of hydrogen-bond acceptors (Lipinski definition) is 8. The van der Waals surface area contributed by atoms with Crippen LogP contribution < -0.4 is 14.4 Å². The highest BCUT2D eigenvalue weighted by atomic mass is 28.4. The molecule has 10 heteroatoms. The van der Waals surface area contributed by atoms with E-state index >= 15 is 0 Å². The number of benzene rings is 3. The minimum Gasteiger partial charge on any atom is -0.490 e. The van der Waals surface area contributed by atoms with Crippen LogP contribution in [-0.4, -0.2) is 84.6 Å². The Bertz CT molecular complexity index is 1600. The van der Waals surface area contributed by atoms with Crippen molar-refractivity contribution in [2.45, 2.75) is 95.9 Å². The minimum absolute atomic E-state index is 0.147. The van der Waals surface area contributed by atoms with Crippen molar-refractivity contribution >= 4 is 20.1 Å². The predicted octanol–water partition coefficient (Wildman–Crippen LogP) is 9.37. The molecule has 0 aliphatic carbocycles. The standard InChI is InChI=1S/C44H62N2O7Si/c1-9-24-49-38-19-17-37(18-20-38)43-41(51-31-36-16-21-40-39(27-36)45(23-26-50-40)22-13-25-48-8)28-46(44(47)52-30-35-14-11-10-12-15-35)29-42(43)53-54(32(2)3,33(4)5)34(6)7/h9-12,14-21,27,32-34,41-43H,1,13,22-26,28-31H2,2-8H3/t41-,42+,43+/m0/s1. The highest BCUT2D eigenvalue weighted by Gasteiger charge is 2.51. The molecule has 0 bridgehead atoms. The number of fused-ring (bicyclic) bond motifs is 1. The Hall–Kier alpha value is -3.83. The first kappa shape index (κ1) is 41.3. The molecule has 0 N–H and O–H groups in total. The lowest BCUT2D eigenvalue weighted by atomic mass is 9.84. The summed E-state index contributed by atoms with van der Waals surface area (Å²) in [6.45, 7) is 22.4. The van der Waals surface area contributed by atoms with Crippen molar-refractivity contribution in [2.24, 2.45) is 0 Å². The number of anilines is 1. The van der Waals surface area contributed by atoms with Gasteiger partial charge in [0.25, 0.3) is 0 Å². The summed E-state index contributed by atoms with van der Waals surface area (Å²) in [6.07, 6.45) is 1.62. The van der Waals surface area contributed by atoms with Crippen LogP contribution in [0.25, 0.3) is 0 Å². The molecule has 0 spiro atoms. The molecule has 3 aromatic rings. The Kier molecular flexibility index (Phi) is 15.1. The molecule has 1 amide bonds. The van der Waals surface area contributed by atoms with E-state index < -0.39 is 8.32 Å². The van der Waals surface area contributed by atoms with E-state index in [1.54, 1.807) is 18.1 Å². The lowest BCUT2D eigenvalue weighted by Gasteiger charge is -2.50. The fourth-order valence-electron chi connectivity index (χ4n) is 8.49. The van der Waals surface area contributed by atoms with Gasteiger partial charge in [-0.25, -0.2) is 4.79 Å². The minimum atomic E-state index is -2.41. The van der Waals surface area contributed by atoms with Crippen LogP contribution in [0.2, 0.25) is 16.6 Å². The normalized spacial score (nSPS) is 18.8. The van der Waals surface area contributed by atoms with Crippen molar-refractivity contribution in [3.8, 4) is 11.5 Å². The largest absolute Gasteiger partial charge is 0.490 e. The summed E-state index contributed by atoms with van der Waals surface area (Å²) in [4.78, 5) is 18.1. The second-order valence-electron chi connectivity index (χ2n) is 15.4. The number of likely N-dealkylation sites (tertiary alicyclic amines) is 1. The van der Waals surface area contributed by atoms with Crippen LogP contribution in [-0.2, 0) is 31.9 Å².